The molecule has 1 aliphatic heterocycles. The standard InChI is InChI=1S/C7H14N2O2/c1-9(11)3-2-6(5-9)4-7(8)10/h6H,2-5H2,1H3,(H2,8,10). The Morgan fingerprint density at radius 3 is 2.82 bits per heavy atom. The molecule has 2 N–H and O–H groups in total. The lowest BCUT2D eigenvalue weighted by atomic mass is 10.1. The van der Waals surface area contributed by atoms with E-state index in [1.807, 2.05) is 0 Å². The van der Waals surface area contributed by atoms with E-state index in [1.54, 1.807) is 7.05 Å². The number of rotatable bonds is 2. The summed E-state index contributed by atoms with van der Waals surface area (Å²) in [7, 11) is 1.64. The lowest BCUT2D eigenvalue weighted by molar-refractivity contribution is -0.849. The molecule has 4 nitrogen and oxygen atoms in total. The molecule has 4 heteroatoms. The number of amides is 1. The SMILES string of the molecule is C[N+]1([O-])CCC(CC(N)=O)C1. The number of carbonyl (C=O) groups excluding carboxylic acids is 1. The number of hydrogen-bond acceptors (Lipinski definition) is 2. The first-order valence-electron chi connectivity index (χ1n) is 3.83. The minimum atomic E-state index is -0.295. The van der Waals surface area contributed by atoms with E-state index < -0.39 is 0 Å². The van der Waals surface area contributed by atoms with Crippen molar-refractivity contribution in [3.05, 3.63) is 5.21 Å². The Bertz CT molecular complexity index is 168. The van der Waals surface area contributed by atoms with Gasteiger partial charge in [-0.1, -0.05) is 0 Å². The molecule has 0 radical (unpaired) electrons. The van der Waals surface area contributed by atoms with Gasteiger partial charge >= 0.3 is 0 Å². The van der Waals surface area contributed by atoms with Crippen molar-refractivity contribution in [3.8, 4) is 0 Å². The van der Waals surface area contributed by atoms with E-state index in [0.29, 0.717) is 19.5 Å². The summed E-state index contributed by atoms with van der Waals surface area (Å²) in [5, 5.41) is 11.3. The molecule has 1 aliphatic rings. The van der Waals surface area contributed by atoms with Crippen LogP contribution in [0.3, 0.4) is 0 Å². The van der Waals surface area contributed by atoms with E-state index in [4.69, 9.17) is 5.73 Å². The highest BCUT2D eigenvalue weighted by Crippen LogP contribution is 2.23. The highest BCUT2D eigenvalue weighted by Gasteiger charge is 2.28. The van der Waals surface area contributed by atoms with Crippen LogP contribution in [0.1, 0.15) is 12.8 Å². The van der Waals surface area contributed by atoms with Crippen molar-refractivity contribution >= 4 is 5.91 Å². The molecule has 0 aromatic carbocycles. The zero-order valence-corrected chi connectivity index (χ0v) is 6.75. The summed E-state index contributed by atoms with van der Waals surface area (Å²) in [6.45, 7) is 1.17. The van der Waals surface area contributed by atoms with Crippen molar-refractivity contribution in [1.29, 1.82) is 0 Å². The maximum absolute atomic E-state index is 11.3. The number of hydroxylamine groups is 3. The molecule has 1 heterocycles. The molecule has 0 saturated carbocycles. The smallest absolute Gasteiger partial charge is 0.217 e. The Hall–Kier alpha value is -0.610. The molecule has 1 fully saturated rings. The van der Waals surface area contributed by atoms with Crippen molar-refractivity contribution in [2.75, 3.05) is 20.1 Å². The molecule has 2 unspecified atom stereocenters. The minimum Gasteiger partial charge on any atom is -0.633 e. The summed E-state index contributed by atoms with van der Waals surface area (Å²) >= 11 is 0. The second kappa shape index (κ2) is 2.79. The van der Waals surface area contributed by atoms with Gasteiger partial charge in [0.05, 0.1) is 20.1 Å². The third-order valence-corrected chi connectivity index (χ3v) is 2.14. The van der Waals surface area contributed by atoms with Crippen LogP contribution < -0.4 is 5.73 Å². The number of quaternary nitrogens is 1. The second-order valence-electron chi connectivity index (χ2n) is 3.53. The Morgan fingerprint density at radius 1 is 1.82 bits per heavy atom. The largest absolute Gasteiger partial charge is 0.633 e. The quantitative estimate of drug-likeness (QED) is 0.447. The molecule has 1 rings (SSSR count). The summed E-state index contributed by atoms with van der Waals surface area (Å²) in [4.78, 5) is 10.5. The first-order chi connectivity index (χ1) is 4.99. The summed E-state index contributed by atoms with van der Waals surface area (Å²) in [5.74, 6) is -0.0769. The van der Waals surface area contributed by atoms with Crippen LogP contribution in [0.25, 0.3) is 0 Å². The fourth-order valence-corrected chi connectivity index (χ4v) is 1.64. The number of nitrogens with zero attached hydrogens (tertiary/aromatic N) is 1. The van der Waals surface area contributed by atoms with Crippen molar-refractivity contribution < 1.29 is 9.44 Å². The number of primary amides is 1. The molecule has 0 aliphatic carbocycles. The van der Waals surface area contributed by atoms with Crippen LogP contribution >= 0.6 is 0 Å². The fourth-order valence-electron chi connectivity index (χ4n) is 1.64. The van der Waals surface area contributed by atoms with Crippen LogP contribution in [0.5, 0.6) is 0 Å². The number of likely N-dealkylation sites (tertiary alicyclic amines) is 1. The van der Waals surface area contributed by atoms with E-state index in [0.717, 1.165) is 6.42 Å². The van der Waals surface area contributed by atoms with Crippen LogP contribution in [0, 0.1) is 11.1 Å². The third-order valence-electron chi connectivity index (χ3n) is 2.14. The number of nitrogens with two attached hydrogens (primary N) is 1. The molecule has 0 spiro atoms. The van der Waals surface area contributed by atoms with Gasteiger partial charge in [-0.3, -0.25) is 4.79 Å². The van der Waals surface area contributed by atoms with E-state index in [9.17, 15) is 10.0 Å². The zero-order valence-electron chi connectivity index (χ0n) is 6.75. The van der Waals surface area contributed by atoms with Gasteiger partial charge in [0.1, 0.15) is 0 Å². The molecule has 0 bridgehead atoms. The monoisotopic (exact) mass is 158 g/mol. The lowest BCUT2D eigenvalue weighted by Crippen LogP contribution is -2.34. The van der Waals surface area contributed by atoms with Crippen LogP contribution in [-0.2, 0) is 4.79 Å². The molecule has 64 valence electrons. The molecular weight excluding hydrogens is 144 g/mol. The molecule has 1 amide bonds. The van der Waals surface area contributed by atoms with Crippen molar-refractivity contribution in [2.45, 2.75) is 12.8 Å². The van der Waals surface area contributed by atoms with E-state index >= 15 is 0 Å². The Balaban J connectivity index is 2.36. The zero-order chi connectivity index (χ0) is 8.48. The van der Waals surface area contributed by atoms with Crippen molar-refractivity contribution in [1.82, 2.24) is 0 Å². The Kier molecular flexibility index (Phi) is 2.15. The minimum absolute atomic E-state index is 0.210. The lowest BCUT2D eigenvalue weighted by Gasteiger charge is -2.33. The molecule has 0 aromatic heterocycles. The number of carbonyl (C=O) groups is 1. The predicted octanol–water partition coefficient (Wildman–Crippen LogP) is -0.174. The molecule has 11 heavy (non-hydrogen) atoms. The summed E-state index contributed by atoms with van der Waals surface area (Å²) in [5.41, 5.74) is 5.01. The van der Waals surface area contributed by atoms with Gasteiger partial charge in [0, 0.05) is 18.8 Å². The van der Waals surface area contributed by atoms with Crippen molar-refractivity contribution in [3.63, 3.8) is 0 Å². The highest BCUT2D eigenvalue weighted by molar-refractivity contribution is 5.74. The molecule has 2 atom stereocenters. The van der Waals surface area contributed by atoms with Crippen molar-refractivity contribution in [2.24, 2.45) is 11.7 Å². The van der Waals surface area contributed by atoms with Crippen LogP contribution in [0.2, 0.25) is 0 Å². The number of hydrogen-bond donors (Lipinski definition) is 1. The normalized spacial score (nSPS) is 37.5. The topological polar surface area (TPSA) is 66.2 Å². The van der Waals surface area contributed by atoms with Crippen LogP contribution in [0.15, 0.2) is 0 Å². The molecule has 1 saturated heterocycles. The Labute approximate surface area is 66.1 Å². The van der Waals surface area contributed by atoms with Gasteiger partial charge < -0.3 is 15.6 Å². The Morgan fingerprint density at radius 2 is 2.45 bits per heavy atom. The van der Waals surface area contributed by atoms with Gasteiger partial charge in [0.15, 0.2) is 0 Å². The average Bonchev–Trinajstić information content (AvgIpc) is 2.08. The van der Waals surface area contributed by atoms with Crippen LogP contribution in [-0.4, -0.2) is 30.7 Å². The van der Waals surface area contributed by atoms with Gasteiger partial charge in [-0.05, 0) is 0 Å². The first kappa shape index (κ1) is 8.49. The average molecular weight is 158 g/mol. The van der Waals surface area contributed by atoms with E-state index in [2.05, 4.69) is 0 Å². The molecular formula is C7H14N2O2. The second-order valence-corrected chi connectivity index (χ2v) is 3.53. The van der Waals surface area contributed by atoms with Gasteiger partial charge in [0.2, 0.25) is 5.91 Å². The molecule has 0 aromatic rings. The first-order valence-corrected chi connectivity index (χ1v) is 3.83. The summed E-state index contributed by atoms with van der Waals surface area (Å²) in [6.07, 6.45) is 1.21. The van der Waals surface area contributed by atoms with Gasteiger partial charge in [0.25, 0.3) is 0 Å². The fraction of sp³-hybridized carbons (Fsp3) is 0.857. The van der Waals surface area contributed by atoms with E-state index in [-0.39, 0.29) is 16.5 Å². The predicted molar refractivity (Wildman–Crippen MR) is 41.2 cm³/mol. The van der Waals surface area contributed by atoms with Crippen LogP contribution in [0.4, 0.5) is 0 Å². The van der Waals surface area contributed by atoms with Gasteiger partial charge in [-0.25, -0.2) is 0 Å². The maximum Gasteiger partial charge on any atom is 0.217 e. The van der Waals surface area contributed by atoms with E-state index in [1.165, 1.54) is 0 Å². The van der Waals surface area contributed by atoms with Gasteiger partial charge in [-0.15, -0.1) is 0 Å². The summed E-state index contributed by atoms with van der Waals surface area (Å²) in [6, 6.07) is 0. The van der Waals surface area contributed by atoms with Gasteiger partial charge in [-0.2, -0.15) is 0 Å². The summed E-state index contributed by atoms with van der Waals surface area (Å²) < 4.78 is -0.210. The maximum atomic E-state index is 11.3. The highest BCUT2D eigenvalue weighted by atomic mass is 16.5. The third kappa shape index (κ3) is 2.48.